The van der Waals surface area contributed by atoms with Crippen LogP contribution >= 0.6 is 0 Å². The van der Waals surface area contributed by atoms with Crippen molar-refractivity contribution in [3.8, 4) is 5.75 Å². The van der Waals surface area contributed by atoms with Gasteiger partial charge in [-0.1, -0.05) is 75.7 Å². The number of benzene rings is 2. The molecule has 152 valence electrons. The highest BCUT2D eigenvalue weighted by atomic mass is 16.3. The van der Waals surface area contributed by atoms with Crippen LogP contribution in [-0.4, -0.2) is 11.0 Å². The van der Waals surface area contributed by atoms with Crippen LogP contribution in [0.1, 0.15) is 63.1 Å². The first kappa shape index (κ1) is 20.9. The molecule has 0 aliphatic heterocycles. The molecule has 1 saturated carbocycles. The van der Waals surface area contributed by atoms with Crippen LogP contribution in [0.3, 0.4) is 0 Å². The van der Waals surface area contributed by atoms with E-state index < -0.39 is 5.91 Å². The highest BCUT2D eigenvalue weighted by molar-refractivity contribution is 5.90. The highest BCUT2D eigenvalue weighted by Gasteiger charge is 2.43. The summed E-state index contributed by atoms with van der Waals surface area (Å²) in [6.45, 7) is 9.37. The molecule has 0 saturated heterocycles. The van der Waals surface area contributed by atoms with E-state index in [4.69, 9.17) is 5.73 Å². The molecule has 0 heterocycles. The first-order valence-electron chi connectivity index (χ1n) is 10.1. The first-order valence-corrected chi connectivity index (χ1v) is 10.1. The molecule has 2 aromatic carbocycles. The zero-order valence-electron chi connectivity index (χ0n) is 17.8. The van der Waals surface area contributed by atoms with Crippen LogP contribution in [0.25, 0.3) is 12.2 Å². The zero-order chi connectivity index (χ0) is 21.2. The number of carbonyl (C=O) groups excluding carboxylic acids is 1. The normalized spacial score (nSPS) is 22.1. The van der Waals surface area contributed by atoms with Gasteiger partial charge in [0.05, 0.1) is 0 Å². The molecule has 0 radical (unpaired) electrons. The third-order valence-electron chi connectivity index (χ3n) is 5.72. The van der Waals surface area contributed by atoms with E-state index in [9.17, 15) is 9.90 Å². The van der Waals surface area contributed by atoms with Crippen LogP contribution in [0.15, 0.2) is 60.2 Å². The van der Waals surface area contributed by atoms with Gasteiger partial charge in [-0.3, -0.25) is 4.79 Å². The molecule has 0 spiro atoms. The number of phenolic OH excluding ortho intramolecular Hbond substituents is 1. The molecule has 3 rings (SSSR count). The smallest absolute Gasteiger partial charge is 0.241 e. The lowest BCUT2D eigenvalue weighted by Gasteiger charge is -2.48. The summed E-state index contributed by atoms with van der Waals surface area (Å²) < 4.78 is 0. The Kier molecular flexibility index (Phi) is 5.70. The lowest BCUT2D eigenvalue weighted by atomic mass is 9.56. The number of allylic oxidation sites excluding steroid dienone is 1. The molecule has 0 aromatic heterocycles. The number of hydrogen-bond donors (Lipinski definition) is 2. The number of primary amides is 1. The fraction of sp³-hybridized carbons (Fsp3) is 0.346. The molecule has 1 amide bonds. The summed E-state index contributed by atoms with van der Waals surface area (Å²) in [5, 5.41) is 9.72. The van der Waals surface area contributed by atoms with E-state index in [-0.39, 0.29) is 10.8 Å². The Labute approximate surface area is 174 Å². The van der Waals surface area contributed by atoms with Crippen LogP contribution in [0.4, 0.5) is 0 Å². The highest BCUT2D eigenvalue weighted by Crippen LogP contribution is 2.56. The van der Waals surface area contributed by atoms with Crippen LogP contribution in [0, 0.1) is 10.8 Å². The Balaban J connectivity index is 2.00. The second-order valence-corrected chi connectivity index (χ2v) is 9.65. The van der Waals surface area contributed by atoms with E-state index in [2.05, 4.69) is 45.9 Å². The van der Waals surface area contributed by atoms with Gasteiger partial charge in [0.1, 0.15) is 5.75 Å². The Morgan fingerprint density at radius 1 is 1.00 bits per heavy atom. The molecule has 3 nitrogen and oxygen atoms in total. The molecule has 1 atom stereocenters. The van der Waals surface area contributed by atoms with Gasteiger partial charge in [0.15, 0.2) is 0 Å². The third-order valence-corrected chi connectivity index (χ3v) is 5.72. The standard InChI is InChI=1S/C26H31NO2/c1-25(2)16-21(15-19-7-5-18(6-8-19)9-14-23(27)29)24(26(3,4)17-25)20-10-12-22(28)13-11-20/h5-15,24,28H,16-17H2,1-4H3,(H2,27,29)/b14-9+,21-15?. The Morgan fingerprint density at radius 3 is 2.17 bits per heavy atom. The summed E-state index contributed by atoms with van der Waals surface area (Å²) in [5.74, 6) is 0.151. The molecule has 1 aliphatic carbocycles. The molecular weight excluding hydrogens is 358 g/mol. The van der Waals surface area contributed by atoms with Gasteiger partial charge in [0.25, 0.3) is 0 Å². The van der Waals surface area contributed by atoms with Crippen molar-refractivity contribution in [1.82, 2.24) is 0 Å². The van der Waals surface area contributed by atoms with Crippen LogP contribution in [0.2, 0.25) is 0 Å². The van der Waals surface area contributed by atoms with Gasteiger partial charge in [-0.2, -0.15) is 0 Å². The minimum atomic E-state index is -0.445. The van der Waals surface area contributed by atoms with Crippen molar-refractivity contribution in [1.29, 1.82) is 0 Å². The van der Waals surface area contributed by atoms with Gasteiger partial charge in [-0.25, -0.2) is 0 Å². The summed E-state index contributed by atoms with van der Waals surface area (Å²) in [4.78, 5) is 10.9. The number of carbonyl (C=O) groups is 1. The minimum Gasteiger partial charge on any atom is -0.508 e. The monoisotopic (exact) mass is 389 g/mol. The summed E-state index contributed by atoms with van der Waals surface area (Å²) in [5.41, 5.74) is 10.3. The van der Waals surface area contributed by atoms with E-state index in [1.54, 1.807) is 18.2 Å². The molecule has 29 heavy (non-hydrogen) atoms. The summed E-state index contributed by atoms with van der Waals surface area (Å²) in [6.07, 6.45) is 7.58. The van der Waals surface area contributed by atoms with Crippen molar-refractivity contribution in [3.63, 3.8) is 0 Å². The third kappa shape index (κ3) is 5.17. The molecule has 3 heteroatoms. The fourth-order valence-corrected chi connectivity index (χ4v) is 5.12. The molecule has 2 aromatic rings. The van der Waals surface area contributed by atoms with Crippen molar-refractivity contribution in [2.75, 3.05) is 0 Å². The van der Waals surface area contributed by atoms with Crippen molar-refractivity contribution < 1.29 is 9.90 Å². The average Bonchev–Trinajstić information content (AvgIpc) is 2.60. The molecule has 3 N–H and O–H groups in total. The van der Waals surface area contributed by atoms with Crippen LogP contribution in [0.5, 0.6) is 5.75 Å². The number of aromatic hydroxyl groups is 1. The van der Waals surface area contributed by atoms with E-state index in [0.717, 1.165) is 24.0 Å². The van der Waals surface area contributed by atoms with E-state index >= 15 is 0 Å². The predicted octanol–water partition coefficient (Wildman–Crippen LogP) is 5.90. The predicted molar refractivity (Wildman–Crippen MR) is 120 cm³/mol. The number of rotatable bonds is 4. The molecule has 0 bridgehead atoms. The van der Waals surface area contributed by atoms with Crippen molar-refractivity contribution in [2.45, 2.75) is 46.5 Å². The summed E-state index contributed by atoms with van der Waals surface area (Å²) >= 11 is 0. The van der Waals surface area contributed by atoms with Gasteiger partial charge in [-0.05, 0) is 58.6 Å². The van der Waals surface area contributed by atoms with Gasteiger partial charge in [-0.15, -0.1) is 0 Å². The quantitative estimate of drug-likeness (QED) is 0.639. The van der Waals surface area contributed by atoms with Crippen molar-refractivity contribution in [3.05, 3.63) is 76.9 Å². The van der Waals surface area contributed by atoms with E-state index in [0.29, 0.717) is 11.7 Å². The van der Waals surface area contributed by atoms with E-state index in [1.165, 1.54) is 17.2 Å². The number of nitrogens with two attached hydrogens (primary N) is 1. The van der Waals surface area contributed by atoms with Gasteiger partial charge in [0.2, 0.25) is 5.91 Å². The topological polar surface area (TPSA) is 63.3 Å². The Bertz CT molecular complexity index is 932. The molecular formula is C26H31NO2. The number of amides is 1. The largest absolute Gasteiger partial charge is 0.508 e. The SMILES string of the molecule is CC1(C)CC(=Cc2ccc(/C=C/C(N)=O)cc2)C(c2ccc(O)cc2)C(C)(C)C1. The van der Waals surface area contributed by atoms with Crippen LogP contribution in [-0.2, 0) is 4.79 Å². The second kappa shape index (κ2) is 7.90. The maximum atomic E-state index is 10.9. The zero-order valence-corrected chi connectivity index (χ0v) is 17.8. The van der Waals surface area contributed by atoms with Crippen molar-refractivity contribution >= 4 is 18.1 Å². The Morgan fingerprint density at radius 2 is 1.59 bits per heavy atom. The first-order chi connectivity index (χ1) is 13.6. The lowest BCUT2D eigenvalue weighted by Crippen LogP contribution is -2.36. The second-order valence-electron chi connectivity index (χ2n) is 9.65. The van der Waals surface area contributed by atoms with Crippen LogP contribution < -0.4 is 5.73 Å². The lowest BCUT2D eigenvalue weighted by molar-refractivity contribution is -0.113. The molecule has 1 aliphatic rings. The maximum Gasteiger partial charge on any atom is 0.241 e. The fourth-order valence-electron chi connectivity index (χ4n) is 5.12. The van der Waals surface area contributed by atoms with Gasteiger partial charge >= 0.3 is 0 Å². The average molecular weight is 390 g/mol. The van der Waals surface area contributed by atoms with Gasteiger partial charge < -0.3 is 10.8 Å². The Hall–Kier alpha value is -2.81. The number of phenols is 1. The minimum absolute atomic E-state index is 0.106. The maximum absolute atomic E-state index is 10.9. The summed E-state index contributed by atoms with van der Waals surface area (Å²) in [7, 11) is 0. The molecule has 1 unspecified atom stereocenters. The number of hydrogen-bond acceptors (Lipinski definition) is 2. The summed E-state index contributed by atoms with van der Waals surface area (Å²) in [6, 6.07) is 15.8. The van der Waals surface area contributed by atoms with E-state index in [1.807, 2.05) is 24.3 Å². The molecule has 1 fully saturated rings. The van der Waals surface area contributed by atoms with Crippen molar-refractivity contribution in [2.24, 2.45) is 16.6 Å². The van der Waals surface area contributed by atoms with Gasteiger partial charge in [0, 0.05) is 12.0 Å².